The Morgan fingerprint density at radius 3 is 2.50 bits per heavy atom. The molecule has 0 aliphatic carbocycles. The van der Waals surface area contributed by atoms with Crippen molar-refractivity contribution in [3.05, 3.63) is 66.4 Å². The van der Waals surface area contributed by atoms with E-state index in [4.69, 9.17) is 16.9 Å². The average molecular weight is 318 g/mol. The van der Waals surface area contributed by atoms with Crippen LogP contribution in [0, 0.1) is 11.3 Å². The van der Waals surface area contributed by atoms with Crippen molar-refractivity contribution in [3.63, 3.8) is 0 Å². The topological polar surface area (TPSA) is 107 Å². The monoisotopic (exact) mass is 317 g/mol. The van der Waals surface area contributed by atoms with Crippen LogP contribution in [0.4, 0.5) is 0 Å². The Morgan fingerprint density at radius 1 is 1.23 bits per heavy atom. The van der Waals surface area contributed by atoms with E-state index in [1.54, 1.807) is 13.8 Å². The first-order valence-electron chi connectivity index (χ1n) is 6.45. The third-order valence-corrected chi connectivity index (χ3v) is 3.29. The van der Waals surface area contributed by atoms with Crippen LogP contribution < -0.4 is 11.2 Å². The summed E-state index contributed by atoms with van der Waals surface area (Å²) in [4.78, 5) is 40.5. The number of carbonyl (C=O) groups is 1. The maximum Gasteiger partial charge on any atom is 0.326 e. The van der Waals surface area contributed by atoms with Crippen LogP contribution in [0.5, 0.6) is 0 Å². The molecule has 2 rings (SSSR count). The highest BCUT2D eigenvalue weighted by Gasteiger charge is 2.21. The van der Waals surface area contributed by atoms with Gasteiger partial charge in [0.15, 0.2) is 0 Å². The molecule has 0 unspecified atom stereocenters. The van der Waals surface area contributed by atoms with Gasteiger partial charge in [-0.05, 0) is 24.1 Å². The Morgan fingerprint density at radius 2 is 1.91 bits per heavy atom. The molecule has 112 valence electrons. The van der Waals surface area contributed by atoms with Crippen LogP contribution in [0.25, 0.3) is 0 Å². The highest BCUT2D eigenvalue weighted by molar-refractivity contribution is 6.31. The normalized spacial score (nSPS) is 10.5. The van der Waals surface area contributed by atoms with Crippen molar-refractivity contribution in [2.45, 2.75) is 19.8 Å². The van der Waals surface area contributed by atoms with Crippen molar-refractivity contribution in [2.24, 2.45) is 0 Å². The minimum Gasteiger partial charge on any atom is -0.304 e. The van der Waals surface area contributed by atoms with E-state index >= 15 is 0 Å². The number of aromatic nitrogens is 2. The zero-order valence-electron chi connectivity index (χ0n) is 11.9. The van der Waals surface area contributed by atoms with Crippen LogP contribution in [0.1, 0.15) is 46.9 Å². The van der Waals surface area contributed by atoms with Crippen molar-refractivity contribution in [2.75, 3.05) is 0 Å². The van der Waals surface area contributed by atoms with E-state index in [9.17, 15) is 14.4 Å². The number of rotatable bonds is 3. The summed E-state index contributed by atoms with van der Waals surface area (Å²) < 4.78 is 0. The quantitative estimate of drug-likeness (QED) is 0.843. The lowest BCUT2D eigenvalue weighted by Gasteiger charge is -2.10. The average Bonchev–Trinajstić information content (AvgIpc) is 2.44. The number of carbonyl (C=O) groups excluding carboxylic acids is 1. The van der Waals surface area contributed by atoms with E-state index in [0.29, 0.717) is 0 Å². The number of halogens is 1. The molecular formula is C15H12ClN3O3. The van der Waals surface area contributed by atoms with E-state index in [2.05, 4.69) is 9.97 Å². The van der Waals surface area contributed by atoms with Gasteiger partial charge in [0.1, 0.15) is 0 Å². The second kappa shape index (κ2) is 6.00. The van der Waals surface area contributed by atoms with E-state index in [1.165, 1.54) is 18.2 Å². The Labute approximate surface area is 130 Å². The van der Waals surface area contributed by atoms with Crippen LogP contribution in [-0.4, -0.2) is 15.8 Å². The summed E-state index contributed by atoms with van der Waals surface area (Å²) in [5, 5.41) is 9.16. The molecule has 7 heteroatoms. The van der Waals surface area contributed by atoms with Gasteiger partial charge in [0, 0.05) is 16.1 Å². The minimum absolute atomic E-state index is 0.0880. The first-order chi connectivity index (χ1) is 10.3. The molecule has 0 aliphatic heterocycles. The maximum atomic E-state index is 12.6. The highest BCUT2D eigenvalue weighted by Crippen LogP contribution is 2.20. The van der Waals surface area contributed by atoms with Crippen LogP contribution in [0.15, 0.2) is 27.8 Å². The summed E-state index contributed by atoms with van der Waals surface area (Å²) in [6, 6.07) is 6.06. The standard InChI is InChI=1S/C15H12ClN3O3/c1-7(2)11-12(18-15(22)19-14(11)21)13(20)9-3-8(6-17)4-10(16)5-9/h3-5,7H,1-2H3,(H2,18,19,21,22). The van der Waals surface area contributed by atoms with Crippen molar-refractivity contribution in [1.29, 1.82) is 5.26 Å². The van der Waals surface area contributed by atoms with Gasteiger partial charge in [0.25, 0.3) is 5.56 Å². The number of hydrogen-bond acceptors (Lipinski definition) is 4. The zero-order chi connectivity index (χ0) is 16.4. The van der Waals surface area contributed by atoms with Crippen molar-refractivity contribution >= 4 is 17.4 Å². The van der Waals surface area contributed by atoms with Gasteiger partial charge in [-0.3, -0.25) is 14.6 Å². The van der Waals surface area contributed by atoms with Crippen LogP contribution >= 0.6 is 11.6 Å². The van der Waals surface area contributed by atoms with Crippen LogP contribution in [-0.2, 0) is 0 Å². The molecule has 0 radical (unpaired) electrons. The molecule has 2 aromatic rings. The first-order valence-corrected chi connectivity index (χ1v) is 6.83. The lowest BCUT2D eigenvalue weighted by Crippen LogP contribution is -2.30. The van der Waals surface area contributed by atoms with E-state index in [-0.39, 0.29) is 33.3 Å². The number of ketones is 1. The number of aromatic amines is 2. The molecule has 0 fully saturated rings. The number of hydrogen-bond donors (Lipinski definition) is 2. The first kappa shape index (κ1) is 15.7. The van der Waals surface area contributed by atoms with Crippen molar-refractivity contribution in [3.8, 4) is 6.07 Å². The summed E-state index contributed by atoms with van der Waals surface area (Å²) in [5.74, 6) is -0.833. The maximum absolute atomic E-state index is 12.6. The van der Waals surface area contributed by atoms with E-state index < -0.39 is 17.0 Å². The summed E-state index contributed by atoms with van der Waals surface area (Å²) in [5.41, 5.74) is -0.927. The lowest BCUT2D eigenvalue weighted by molar-refractivity contribution is 0.103. The van der Waals surface area contributed by atoms with Crippen LogP contribution in [0.2, 0.25) is 5.02 Å². The largest absolute Gasteiger partial charge is 0.326 e. The van der Waals surface area contributed by atoms with Gasteiger partial charge in [-0.15, -0.1) is 0 Å². The summed E-state index contributed by atoms with van der Waals surface area (Å²) in [7, 11) is 0. The SMILES string of the molecule is CC(C)c1c(C(=O)c2cc(Cl)cc(C#N)c2)[nH]c(=O)[nH]c1=O. The van der Waals surface area contributed by atoms with Crippen molar-refractivity contribution < 1.29 is 4.79 Å². The van der Waals surface area contributed by atoms with Gasteiger partial charge in [0.05, 0.1) is 17.3 Å². The van der Waals surface area contributed by atoms with Gasteiger partial charge in [-0.25, -0.2) is 4.79 Å². The van der Waals surface area contributed by atoms with Gasteiger partial charge in [-0.1, -0.05) is 25.4 Å². The molecule has 0 atom stereocenters. The predicted octanol–water partition coefficient (Wildman–Crippen LogP) is 1.94. The molecule has 1 heterocycles. The number of benzene rings is 1. The summed E-state index contributed by atoms with van der Waals surface area (Å²) in [6.45, 7) is 3.47. The number of nitrogens with zero attached hydrogens (tertiary/aromatic N) is 1. The third-order valence-electron chi connectivity index (χ3n) is 3.07. The Kier molecular flexibility index (Phi) is 4.29. The highest BCUT2D eigenvalue weighted by atomic mass is 35.5. The number of H-pyrrole nitrogens is 2. The predicted molar refractivity (Wildman–Crippen MR) is 81.4 cm³/mol. The summed E-state index contributed by atoms with van der Waals surface area (Å²) >= 11 is 5.88. The van der Waals surface area contributed by atoms with Crippen LogP contribution in [0.3, 0.4) is 0 Å². The Hall–Kier alpha value is -2.65. The number of nitriles is 1. The third kappa shape index (κ3) is 3.00. The molecule has 6 nitrogen and oxygen atoms in total. The molecule has 2 N–H and O–H groups in total. The number of nitrogens with one attached hydrogen (secondary N) is 2. The Bertz CT molecular complexity index is 903. The fraction of sp³-hybridized carbons (Fsp3) is 0.200. The fourth-order valence-electron chi connectivity index (χ4n) is 2.16. The van der Waals surface area contributed by atoms with Crippen molar-refractivity contribution in [1.82, 2.24) is 9.97 Å². The molecular weight excluding hydrogens is 306 g/mol. The smallest absolute Gasteiger partial charge is 0.304 e. The molecule has 0 spiro atoms. The molecule has 0 saturated heterocycles. The van der Waals surface area contributed by atoms with Gasteiger partial charge in [0.2, 0.25) is 5.78 Å². The van der Waals surface area contributed by atoms with E-state index in [1.807, 2.05) is 6.07 Å². The lowest BCUT2D eigenvalue weighted by atomic mass is 9.97. The van der Waals surface area contributed by atoms with Gasteiger partial charge >= 0.3 is 5.69 Å². The summed E-state index contributed by atoms with van der Waals surface area (Å²) in [6.07, 6.45) is 0. The van der Waals surface area contributed by atoms with Gasteiger partial charge < -0.3 is 4.98 Å². The molecule has 0 saturated carbocycles. The molecule has 0 aliphatic rings. The molecule has 22 heavy (non-hydrogen) atoms. The molecule has 0 amide bonds. The van der Waals surface area contributed by atoms with E-state index in [0.717, 1.165) is 0 Å². The Balaban J connectivity index is 2.70. The molecule has 1 aromatic heterocycles. The second-order valence-corrected chi connectivity index (χ2v) is 5.46. The fourth-order valence-corrected chi connectivity index (χ4v) is 2.39. The minimum atomic E-state index is -0.764. The molecule has 1 aromatic carbocycles. The molecule has 0 bridgehead atoms. The second-order valence-electron chi connectivity index (χ2n) is 5.02. The van der Waals surface area contributed by atoms with Gasteiger partial charge in [-0.2, -0.15) is 5.26 Å². The zero-order valence-corrected chi connectivity index (χ0v) is 12.6.